The first-order valence-corrected chi connectivity index (χ1v) is 11.3. The minimum Gasteiger partial charge on any atom is -0.345 e. The Morgan fingerprint density at radius 3 is 2.52 bits per heavy atom. The number of thiophene rings is 1. The Labute approximate surface area is 185 Å². The van der Waals surface area contributed by atoms with Crippen molar-refractivity contribution in [3.05, 3.63) is 87.5 Å². The maximum atomic E-state index is 14.1. The molecule has 0 fully saturated rings. The van der Waals surface area contributed by atoms with Crippen molar-refractivity contribution in [1.29, 1.82) is 0 Å². The van der Waals surface area contributed by atoms with E-state index < -0.39 is 11.7 Å². The number of anilines is 1. The van der Waals surface area contributed by atoms with Crippen molar-refractivity contribution in [2.45, 2.75) is 39.2 Å². The molecule has 0 saturated carbocycles. The lowest BCUT2D eigenvalue weighted by Crippen LogP contribution is -2.28. The van der Waals surface area contributed by atoms with E-state index >= 15 is 0 Å². The number of carbonyl (C=O) groups excluding carboxylic acids is 2. The zero-order valence-corrected chi connectivity index (χ0v) is 18.4. The van der Waals surface area contributed by atoms with Crippen LogP contribution in [0.2, 0.25) is 0 Å². The van der Waals surface area contributed by atoms with Crippen LogP contribution < -0.4 is 10.6 Å². The van der Waals surface area contributed by atoms with Crippen LogP contribution in [-0.4, -0.2) is 11.8 Å². The molecular formula is C25H25FN2O2S. The second kappa shape index (κ2) is 9.02. The van der Waals surface area contributed by atoms with Crippen molar-refractivity contribution in [3.63, 3.8) is 0 Å². The fourth-order valence-corrected chi connectivity index (χ4v) is 5.39. The molecule has 1 aliphatic carbocycles. The Hall–Kier alpha value is -2.99. The van der Waals surface area contributed by atoms with Crippen molar-refractivity contribution in [1.82, 2.24) is 5.32 Å². The number of halogens is 1. The van der Waals surface area contributed by atoms with Crippen LogP contribution in [0.4, 0.5) is 9.39 Å². The van der Waals surface area contributed by atoms with E-state index in [4.69, 9.17) is 0 Å². The highest BCUT2D eigenvalue weighted by molar-refractivity contribution is 7.17. The molecule has 4 nitrogen and oxygen atoms in total. The number of amides is 2. The minimum atomic E-state index is -0.585. The van der Waals surface area contributed by atoms with Gasteiger partial charge in [0.1, 0.15) is 10.8 Å². The molecule has 2 aromatic carbocycles. The molecule has 3 aromatic rings. The molecule has 0 spiro atoms. The van der Waals surface area contributed by atoms with Crippen LogP contribution in [0.3, 0.4) is 0 Å². The highest BCUT2D eigenvalue weighted by Gasteiger charge is 2.29. The van der Waals surface area contributed by atoms with E-state index in [1.54, 1.807) is 12.1 Å². The van der Waals surface area contributed by atoms with Gasteiger partial charge >= 0.3 is 0 Å². The first-order valence-electron chi connectivity index (χ1n) is 10.5. The van der Waals surface area contributed by atoms with Crippen molar-refractivity contribution < 1.29 is 14.0 Å². The lowest BCUT2D eigenvalue weighted by atomic mass is 9.88. The summed E-state index contributed by atoms with van der Waals surface area (Å²) in [5.74, 6) is -0.818. The number of hydrogen-bond donors (Lipinski definition) is 2. The Balaban J connectivity index is 1.65. The van der Waals surface area contributed by atoms with Crippen LogP contribution in [0.5, 0.6) is 0 Å². The van der Waals surface area contributed by atoms with E-state index in [-0.39, 0.29) is 17.5 Å². The number of rotatable bonds is 5. The third kappa shape index (κ3) is 4.54. The number of hydrogen-bond acceptors (Lipinski definition) is 3. The Morgan fingerprint density at radius 1 is 1.06 bits per heavy atom. The molecular weight excluding hydrogens is 411 g/mol. The van der Waals surface area contributed by atoms with Gasteiger partial charge in [-0.3, -0.25) is 9.59 Å². The Bertz CT molecular complexity index is 1110. The van der Waals surface area contributed by atoms with Gasteiger partial charge in [-0.15, -0.1) is 11.3 Å². The normalized spacial score (nSPS) is 16.3. The van der Waals surface area contributed by atoms with Gasteiger partial charge in [0.05, 0.1) is 17.2 Å². The van der Waals surface area contributed by atoms with Gasteiger partial charge in [0.25, 0.3) is 11.8 Å². The summed E-state index contributed by atoms with van der Waals surface area (Å²) >= 11 is 1.43. The van der Waals surface area contributed by atoms with Gasteiger partial charge in [0.15, 0.2) is 0 Å². The smallest absolute Gasteiger partial charge is 0.259 e. The predicted octanol–water partition coefficient (Wildman–Crippen LogP) is 5.76. The summed E-state index contributed by atoms with van der Waals surface area (Å²) in [7, 11) is 0. The highest BCUT2D eigenvalue weighted by Crippen LogP contribution is 2.40. The number of carbonyl (C=O) groups is 2. The molecule has 0 aliphatic heterocycles. The molecule has 0 radical (unpaired) electrons. The molecule has 2 atom stereocenters. The summed E-state index contributed by atoms with van der Waals surface area (Å²) in [4.78, 5) is 27.2. The van der Waals surface area contributed by atoms with Crippen LogP contribution in [0.15, 0.2) is 54.6 Å². The zero-order valence-electron chi connectivity index (χ0n) is 17.6. The quantitative estimate of drug-likeness (QED) is 0.535. The molecule has 1 heterocycles. The van der Waals surface area contributed by atoms with Gasteiger partial charge in [0, 0.05) is 4.88 Å². The van der Waals surface area contributed by atoms with E-state index in [1.807, 2.05) is 37.3 Å². The monoisotopic (exact) mass is 436 g/mol. The fraction of sp³-hybridized carbons (Fsp3) is 0.280. The van der Waals surface area contributed by atoms with E-state index in [0.29, 0.717) is 16.5 Å². The second-order valence-corrected chi connectivity index (χ2v) is 9.20. The predicted molar refractivity (Wildman–Crippen MR) is 122 cm³/mol. The van der Waals surface area contributed by atoms with E-state index in [9.17, 15) is 14.0 Å². The third-order valence-corrected chi connectivity index (χ3v) is 6.90. The third-order valence-electron chi connectivity index (χ3n) is 5.73. The van der Waals surface area contributed by atoms with Crippen molar-refractivity contribution in [3.8, 4) is 0 Å². The Kier molecular flexibility index (Phi) is 6.18. The van der Waals surface area contributed by atoms with Gasteiger partial charge in [-0.1, -0.05) is 49.4 Å². The lowest BCUT2D eigenvalue weighted by molar-refractivity contribution is 0.0940. The number of nitrogens with one attached hydrogen (secondary N) is 2. The lowest BCUT2D eigenvalue weighted by Gasteiger charge is -2.20. The highest BCUT2D eigenvalue weighted by atomic mass is 32.1. The van der Waals surface area contributed by atoms with Crippen molar-refractivity contribution in [2.75, 3.05) is 5.32 Å². The van der Waals surface area contributed by atoms with Crippen LogP contribution in [0, 0.1) is 11.7 Å². The minimum absolute atomic E-state index is 0.0359. The maximum Gasteiger partial charge on any atom is 0.259 e. The summed E-state index contributed by atoms with van der Waals surface area (Å²) in [6.45, 7) is 4.13. The van der Waals surface area contributed by atoms with Gasteiger partial charge in [-0.2, -0.15) is 0 Å². The maximum absolute atomic E-state index is 14.1. The fourth-order valence-electron chi connectivity index (χ4n) is 3.99. The summed E-state index contributed by atoms with van der Waals surface area (Å²) in [5.41, 5.74) is 2.49. The average molecular weight is 437 g/mol. The first-order chi connectivity index (χ1) is 14.9. The Morgan fingerprint density at radius 2 is 1.77 bits per heavy atom. The molecule has 2 N–H and O–H groups in total. The summed E-state index contributed by atoms with van der Waals surface area (Å²) in [5, 5.41) is 6.37. The molecule has 160 valence electrons. The second-order valence-electron chi connectivity index (χ2n) is 8.10. The van der Waals surface area contributed by atoms with Crippen LogP contribution in [-0.2, 0) is 12.8 Å². The molecule has 2 unspecified atom stereocenters. The molecule has 2 amide bonds. The molecule has 0 saturated heterocycles. The number of fused-ring (bicyclic) bond motifs is 1. The topological polar surface area (TPSA) is 58.2 Å². The number of benzene rings is 2. The van der Waals surface area contributed by atoms with Gasteiger partial charge in [-0.25, -0.2) is 4.39 Å². The van der Waals surface area contributed by atoms with Gasteiger partial charge < -0.3 is 10.6 Å². The van der Waals surface area contributed by atoms with Crippen LogP contribution >= 0.6 is 11.3 Å². The summed E-state index contributed by atoms with van der Waals surface area (Å²) in [6, 6.07) is 15.4. The van der Waals surface area contributed by atoms with E-state index in [2.05, 4.69) is 17.6 Å². The molecule has 31 heavy (non-hydrogen) atoms. The van der Waals surface area contributed by atoms with Crippen molar-refractivity contribution >= 4 is 28.2 Å². The van der Waals surface area contributed by atoms with E-state index in [1.165, 1.54) is 23.5 Å². The van der Waals surface area contributed by atoms with Crippen LogP contribution in [0.25, 0.3) is 0 Å². The summed E-state index contributed by atoms with van der Waals surface area (Å²) < 4.78 is 14.1. The molecule has 4 rings (SSSR count). The molecule has 1 aliphatic rings. The largest absolute Gasteiger partial charge is 0.345 e. The molecule has 1 aromatic heterocycles. The molecule has 6 heteroatoms. The molecule has 0 bridgehead atoms. The SMILES string of the molecule is CC1CCc2c(sc(NC(=O)c3ccccc3F)c2C(=O)NC(C)c2ccccc2)C1. The van der Waals surface area contributed by atoms with Gasteiger partial charge in [-0.05, 0) is 55.4 Å². The standard InChI is InChI=1S/C25H25FN2O2S/c1-15-12-13-19-21(14-15)31-25(28-23(29)18-10-6-7-11-20(18)26)22(19)24(30)27-16(2)17-8-4-3-5-9-17/h3-11,15-16H,12-14H2,1-2H3,(H,27,30)(H,28,29). The van der Waals surface area contributed by atoms with E-state index in [0.717, 1.165) is 35.3 Å². The van der Waals surface area contributed by atoms with Gasteiger partial charge in [0.2, 0.25) is 0 Å². The zero-order chi connectivity index (χ0) is 22.0. The first kappa shape index (κ1) is 21.2. The summed E-state index contributed by atoms with van der Waals surface area (Å²) in [6.07, 6.45) is 2.67. The van der Waals surface area contributed by atoms with Crippen molar-refractivity contribution in [2.24, 2.45) is 5.92 Å². The average Bonchev–Trinajstić information content (AvgIpc) is 3.11. The van der Waals surface area contributed by atoms with Crippen LogP contribution in [0.1, 0.15) is 63.0 Å².